The summed E-state index contributed by atoms with van der Waals surface area (Å²) in [5.74, 6) is -2.64. The van der Waals surface area contributed by atoms with Crippen molar-refractivity contribution in [2.45, 2.75) is 6.54 Å². The van der Waals surface area contributed by atoms with Gasteiger partial charge in [0.05, 0.1) is 5.56 Å². The van der Waals surface area contributed by atoms with Crippen molar-refractivity contribution in [3.8, 4) is 16.9 Å². The smallest absolute Gasteiger partial charge is 0.336 e. The number of rotatable bonds is 7. The minimum Gasteiger partial charge on any atom is -0.423 e. The number of hydrogen-bond donors (Lipinski definition) is 1. The van der Waals surface area contributed by atoms with E-state index >= 15 is 0 Å². The molecule has 0 aliphatic heterocycles. The van der Waals surface area contributed by atoms with Gasteiger partial charge in [0.15, 0.2) is 0 Å². The molecule has 0 bridgehead atoms. The number of carbonyl (C=O) groups excluding carboxylic acids is 2. The first-order chi connectivity index (χ1) is 17.0. The molecule has 0 saturated carbocycles. The fourth-order valence-corrected chi connectivity index (χ4v) is 3.43. The summed E-state index contributed by atoms with van der Waals surface area (Å²) < 4.78 is 33.2. The van der Waals surface area contributed by atoms with Gasteiger partial charge in [-0.3, -0.25) is 4.79 Å². The summed E-state index contributed by atoms with van der Waals surface area (Å²) in [6.07, 6.45) is 2.86. The zero-order chi connectivity index (χ0) is 24.6. The molecule has 0 spiro atoms. The molecular weight excluding hydrogens is 448 g/mol. The first-order valence-corrected chi connectivity index (χ1v) is 10.9. The van der Waals surface area contributed by atoms with E-state index in [-0.39, 0.29) is 23.4 Å². The molecule has 4 rings (SSSR count). The van der Waals surface area contributed by atoms with Gasteiger partial charge in [0.1, 0.15) is 17.4 Å². The van der Waals surface area contributed by atoms with Crippen LogP contribution in [0, 0.1) is 11.6 Å². The summed E-state index contributed by atoms with van der Waals surface area (Å²) in [5, 5.41) is 2.79. The van der Waals surface area contributed by atoms with Crippen LogP contribution in [0.5, 0.6) is 5.75 Å². The lowest BCUT2D eigenvalue weighted by molar-refractivity contribution is -0.128. The van der Waals surface area contributed by atoms with E-state index in [2.05, 4.69) is 5.32 Å². The molecule has 0 saturated heterocycles. The van der Waals surface area contributed by atoms with Crippen molar-refractivity contribution < 1.29 is 23.1 Å². The van der Waals surface area contributed by atoms with Gasteiger partial charge in [0.25, 0.3) is 5.91 Å². The minimum absolute atomic E-state index is 0.0181. The van der Waals surface area contributed by atoms with E-state index in [4.69, 9.17) is 4.74 Å². The molecule has 0 unspecified atom stereocenters. The molecular formula is C29H21F2NO3. The molecule has 6 heteroatoms. The lowest BCUT2D eigenvalue weighted by Crippen LogP contribution is -2.24. The Labute approximate surface area is 201 Å². The lowest BCUT2D eigenvalue weighted by Gasteiger charge is -2.13. The van der Waals surface area contributed by atoms with Gasteiger partial charge in [-0.1, -0.05) is 66.7 Å². The maximum absolute atomic E-state index is 14.4. The lowest BCUT2D eigenvalue weighted by atomic mass is 10.0. The maximum Gasteiger partial charge on any atom is 0.336 e. The third kappa shape index (κ3) is 6.26. The highest BCUT2D eigenvalue weighted by Gasteiger charge is 2.18. The highest BCUT2D eigenvalue weighted by atomic mass is 19.1. The van der Waals surface area contributed by atoms with Gasteiger partial charge in [-0.05, 0) is 47.0 Å². The Hall–Kier alpha value is -4.58. The summed E-state index contributed by atoms with van der Waals surface area (Å²) in [4.78, 5) is 25.5. The standard InChI is InChI=1S/C29H21F2NO3/c30-23-13-14-24(26(31)18-23)22-12-15-27(35-28(33)16-11-20-7-3-1-4-8-20)25(17-22)29(34)32-19-21-9-5-2-6-10-21/h1-18H,19H2,(H,32,34)/b16-11+. The van der Waals surface area contributed by atoms with Gasteiger partial charge in [0.2, 0.25) is 0 Å². The summed E-state index contributed by atoms with van der Waals surface area (Å²) in [5.41, 5.74) is 2.19. The molecule has 35 heavy (non-hydrogen) atoms. The minimum atomic E-state index is -0.767. The number of esters is 1. The van der Waals surface area contributed by atoms with E-state index in [0.29, 0.717) is 5.56 Å². The van der Waals surface area contributed by atoms with Gasteiger partial charge in [-0.2, -0.15) is 0 Å². The predicted molar refractivity (Wildman–Crippen MR) is 131 cm³/mol. The van der Waals surface area contributed by atoms with Gasteiger partial charge in [0, 0.05) is 24.3 Å². The van der Waals surface area contributed by atoms with Crippen molar-refractivity contribution in [3.05, 3.63) is 131 Å². The van der Waals surface area contributed by atoms with Gasteiger partial charge in [-0.25, -0.2) is 13.6 Å². The Morgan fingerprint density at radius 1 is 0.829 bits per heavy atom. The van der Waals surface area contributed by atoms with Crippen LogP contribution in [0.2, 0.25) is 0 Å². The summed E-state index contributed by atoms with van der Waals surface area (Å²) in [7, 11) is 0. The zero-order valence-electron chi connectivity index (χ0n) is 18.6. The highest BCUT2D eigenvalue weighted by Crippen LogP contribution is 2.29. The molecule has 4 aromatic carbocycles. The molecule has 0 aromatic heterocycles. The average Bonchev–Trinajstić information content (AvgIpc) is 2.88. The van der Waals surface area contributed by atoms with Crippen molar-refractivity contribution in [1.82, 2.24) is 5.32 Å². The average molecular weight is 469 g/mol. The third-order valence-electron chi connectivity index (χ3n) is 5.18. The van der Waals surface area contributed by atoms with E-state index < -0.39 is 23.5 Å². The van der Waals surface area contributed by atoms with Gasteiger partial charge in [-0.15, -0.1) is 0 Å². The molecule has 1 N–H and O–H groups in total. The Morgan fingerprint density at radius 3 is 2.26 bits per heavy atom. The number of benzene rings is 4. The number of hydrogen-bond acceptors (Lipinski definition) is 3. The molecule has 174 valence electrons. The van der Waals surface area contributed by atoms with Crippen molar-refractivity contribution in [1.29, 1.82) is 0 Å². The maximum atomic E-state index is 14.4. The van der Waals surface area contributed by atoms with Crippen LogP contribution in [-0.4, -0.2) is 11.9 Å². The monoisotopic (exact) mass is 469 g/mol. The number of halogens is 2. The first kappa shape index (κ1) is 23.6. The van der Waals surface area contributed by atoms with Gasteiger partial charge >= 0.3 is 5.97 Å². The van der Waals surface area contributed by atoms with E-state index in [1.165, 1.54) is 30.3 Å². The molecule has 0 fully saturated rings. The van der Waals surface area contributed by atoms with Crippen LogP contribution in [0.15, 0.2) is 103 Å². The normalized spacial score (nSPS) is 10.8. The first-order valence-electron chi connectivity index (χ1n) is 10.9. The number of amides is 1. The second kappa shape index (κ2) is 11.0. The van der Waals surface area contributed by atoms with Crippen LogP contribution in [0.3, 0.4) is 0 Å². The molecule has 4 aromatic rings. The molecule has 0 atom stereocenters. The van der Waals surface area contributed by atoms with Crippen LogP contribution in [0.4, 0.5) is 8.78 Å². The molecule has 1 amide bonds. The predicted octanol–water partition coefficient (Wildman–Crippen LogP) is 6.18. The quantitative estimate of drug-likeness (QED) is 0.200. The van der Waals surface area contributed by atoms with Crippen molar-refractivity contribution in [3.63, 3.8) is 0 Å². The van der Waals surface area contributed by atoms with Gasteiger partial charge < -0.3 is 10.1 Å². The van der Waals surface area contributed by atoms with E-state index in [0.717, 1.165) is 23.3 Å². The Bertz CT molecular complexity index is 1370. The van der Waals surface area contributed by atoms with Crippen LogP contribution >= 0.6 is 0 Å². The van der Waals surface area contributed by atoms with E-state index in [1.54, 1.807) is 6.08 Å². The van der Waals surface area contributed by atoms with Crippen molar-refractivity contribution in [2.75, 3.05) is 0 Å². The van der Waals surface area contributed by atoms with Crippen LogP contribution in [0.1, 0.15) is 21.5 Å². The summed E-state index contributed by atoms with van der Waals surface area (Å²) in [6.45, 7) is 0.246. The second-order valence-corrected chi connectivity index (χ2v) is 7.67. The number of carbonyl (C=O) groups is 2. The van der Waals surface area contributed by atoms with E-state index in [9.17, 15) is 18.4 Å². The fraction of sp³-hybridized carbons (Fsp3) is 0.0345. The highest BCUT2D eigenvalue weighted by molar-refractivity contribution is 5.99. The summed E-state index contributed by atoms with van der Waals surface area (Å²) >= 11 is 0. The molecule has 0 heterocycles. The van der Waals surface area contributed by atoms with Crippen LogP contribution < -0.4 is 10.1 Å². The molecule has 4 nitrogen and oxygen atoms in total. The number of ether oxygens (including phenoxy) is 1. The third-order valence-corrected chi connectivity index (χ3v) is 5.18. The largest absolute Gasteiger partial charge is 0.423 e. The van der Waals surface area contributed by atoms with Crippen LogP contribution in [-0.2, 0) is 11.3 Å². The second-order valence-electron chi connectivity index (χ2n) is 7.67. The zero-order valence-corrected chi connectivity index (χ0v) is 18.6. The number of nitrogens with one attached hydrogen (secondary N) is 1. The Kier molecular flexibility index (Phi) is 7.43. The fourth-order valence-electron chi connectivity index (χ4n) is 3.43. The summed E-state index contributed by atoms with van der Waals surface area (Å²) in [6, 6.07) is 26.0. The van der Waals surface area contributed by atoms with Crippen molar-refractivity contribution in [2.24, 2.45) is 0 Å². The Balaban J connectivity index is 1.61. The van der Waals surface area contributed by atoms with E-state index in [1.807, 2.05) is 60.7 Å². The van der Waals surface area contributed by atoms with Crippen LogP contribution in [0.25, 0.3) is 17.2 Å². The molecule has 0 aliphatic carbocycles. The SMILES string of the molecule is O=C(/C=C/c1ccccc1)Oc1ccc(-c2ccc(F)cc2F)cc1C(=O)NCc1ccccc1. The van der Waals surface area contributed by atoms with Crippen molar-refractivity contribution >= 4 is 18.0 Å². The Morgan fingerprint density at radius 2 is 1.54 bits per heavy atom. The molecule has 0 aliphatic rings. The molecule has 0 radical (unpaired) electrons. The topological polar surface area (TPSA) is 55.4 Å².